The third kappa shape index (κ3) is 5.00. The fourth-order valence-corrected chi connectivity index (χ4v) is 3.60. The molecule has 0 spiro atoms. The van der Waals surface area contributed by atoms with Crippen molar-refractivity contribution in [2.45, 2.75) is 59.0 Å². The van der Waals surface area contributed by atoms with Gasteiger partial charge in [-0.3, -0.25) is 0 Å². The van der Waals surface area contributed by atoms with Crippen molar-refractivity contribution < 1.29 is 0 Å². The molecule has 1 saturated heterocycles. The second-order valence-electron chi connectivity index (χ2n) is 6.53. The monoisotopic (exact) mass is 352 g/mol. The Labute approximate surface area is 138 Å². The van der Waals surface area contributed by atoms with E-state index in [4.69, 9.17) is 0 Å². The SMILES string of the molecule is CCCC1CCN(c2ccc(Br)cc2CNC(C)C)CC1. The molecule has 1 aliphatic rings. The van der Waals surface area contributed by atoms with Crippen LogP contribution in [0.1, 0.15) is 52.0 Å². The molecule has 118 valence electrons. The summed E-state index contributed by atoms with van der Waals surface area (Å²) < 4.78 is 1.17. The molecule has 2 rings (SSSR count). The third-order valence-electron chi connectivity index (χ3n) is 4.39. The van der Waals surface area contributed by atoms with Crippen LogP contribution in [0, 0.1) is 5.92 Å². The Bertz CT molecular complexity index is 437. The molecule has 0 atom stereocenters. The van der Waals surface area contributed by atoms with E-state index in [9.17, 15) is 0 Å². The van der Waals surface area contributed by atoms with Crippen LogP contribution < -0.4 is 10.2 Å². The smallest absolute Gasteiger partial charge is 0.0412 e. The fourth-order valence-electron chi connectivity index (χ4n) is 3.19. The Morgan fingerprint density at radius 2 is 2.00 bits per heavy atom. The molecule has 0 saturated carbocycles. The molecule has 1 aromatic rings. The van der Waals surface area contributed by atoms with Crippen LogP contribution in [0.2, 0.25) is 0 Å². The van der Waals surface area contributed by atoms with Gasteiger partial charge < -0.3 is 10.2 Å². The number of nitrogens with one attached hydrogen (secondary N) is 1. The van der Waals surface area contributed by atoms with E-state index in [1.54, 1.807) is 0 Å². The Hall–Kier alpha value is -0.540. The predicted octanol–water partition coefficient (Wildman–Crippen LogP) is 4.96. The molecule has 0 bridgehead atoms. The van der Waals surface area contributed by atoms with Gasteiger partial charge in [-0.2, -0.15) is 0 Å². The number of hydrogen-bond acceptors (Lipinski definition) is 2. The van der Waals surface area contributed by atoms with Gasteiger partial charge in [-0.05, 0) is 42.5 Å². The summed E-state index contributed by atoms with van der Waals surface area (Å²) in [5.41, 5.74) is 2.83. The molecule has 0 amide bonds. The highest BCUT2D eigenvalue weighted by Gasteiger charge is 2.20. The molecule has 0 aliphatic carbocycles. The van der Waals surface area contributed by atoms with Crippen molar-refractivity contribution in [1.29, 1.82) is 0 Å². The summed E-state index contributed by atoms with van der Waals surface area (Å²) in [6.07, 6.45) is 5.42. The van der Waals surface area contributed by atoms with Crippen LogP contribution in [0.15, 0.2) is 22.7 Å². The first-order chi connectivity index (χ1) is 10.1. The van der Waals surface area contributed by atoms with Crippen molar-refractivity contribution in [2.75, 3.05) is 18.0 Å². The maximum Gasteiger partial charge on any atom is 0.0412 e. The number of benzene rings is 1. The molecule has 21 heavy (non-hydrogen) atoms. The summed E-state index contributed by atoms with van der Waals surface area (Å²) in [6, 6.07) is 7.24. The summed E-state index contributed by atoms with van der Waals surface area (Å²) in [7, 11) is 0. The van der Waals surface area contributed by atoms with Gasteiger partial charge in [0.25, 0.3) is 0 Å². The number of piperidine rings is 1. The second kappa shape index (κ2) is 8.19. The van der Waals surface area contributed by atoms with Crippen LogP contribution in [-0.4, -0.2) is 19.1 Å². The van der Waals surface area contributed by atoms with Crippen molar-refractivity contribution in [3.63, 3.8) is 0 Å². The molecule has 1 aromatic carbocycles. The lowest BCUT2D eigenvalue weighted by molar-refractivity contribution is 0.378. The van der Waals surface area contributed by atoms with Gasteiger partial charge in [-0.25, -0.2) is 0 Å². The summed E-state index contributed by atoms with van der Waals surface area (Å²) >= 11 is 3.61. The standard InChI is InChI=1S/C18H29BrN2/c1-4-5-15-8-10-21(11-9-15)18-7-6-17(19)12-16(18)13-20-14(2)3/h6-7,12,14-15,20H,4-5,8-11,13H2,1-3H3. The maximum absolute atomic E-state index is 3.61. The minimum atomic E-state index is 0.520. The maximum atomic E-state index is 3.61. The quantitative estimate of drug-likeness (QED) is 0.777. The van der Waals surface area contributed by atoms with Gasteiger partial charge >= 0.3 is 0 Å². The largest absolute Gasteiger partial charge is 0.371 e. The van der Waals surface area contributed by atoms with E-state index in [0.717, 1.165) is 12.5 Å². The summed E-state index contributed by atoms with van der Waals surface area (Å²) in [4.78, 5) is 2.58. The molecule has 2 nitrogen and oxygen atoms in total. The van der Waals surface area contributed by atoms with Crippen LogP contribution in [0.25, 0.3) is 0 Å². The van der Waals surface area contributed by atoms with Crippen LogP contribution in [-0.2, 0) is 6.54 Å². The van der Waals surface area contributed by atoms with Crippen molar-refractivity contribution in [2.24, 2.45) is 5.92 Å². The lowest BCUT2D eigenvalue weighted by atomic mass is 9.92. The van der Waals surface area contributed by atoms with Gasteiger partial charge in [-0.15, -0.1) is 0 Å². The van der Waals surface area contributed by atoms with E-state index in [2.05, 4.69) is 65.1 Å². The average Bonchev–Trinajstić information content (AvgIpc) is 2.46. The normalized spacial score (nSPS) is 16.7. The van der Waals surface area contributed by atoms with E-state index in [1.165, 1.54) is 54.5 Å². The molecule has 1 fully saturated rings. The number of rotatable bonds is 6. The number of anilines is 1. The fraction of sp³-hybridized carbons (Fsp3) is 0.667. The Morgan fingerprint density at radius 1 is 1.29 bits per heavy atom. The average molecular weight is 353 g/mol. The van der Waals surface area contributed by atoms with Crippen molar-refractivity contribution >= 4 is 21.6 Å². The Kier molecular flexibility index (Phi) is 6.56. The van der Waals surface area contributed by atoms with Crippen molar-refractivity contribution in [1.82, 2.24) is 5.32 Å². The van der Waals surface area contributed by atoms with Crippen LogP contribution in [0.5, 0.6) is 0 Å². The molecular formula is C18H29BrN2. The first-order valence-electron chi connectivity index (χ1n) is 8.37. The number of hydrogen-bond donors (Lipinski definition) is 1. The number of nitrogens with zero attached hydrogens (tertiary/aromatic N) is 1. The first-order valence-corrected chi connectivity index (χ1v) is 9.16. The minimum absolute atomic E-state index is 0.520. The van der Waals surface area contributed by atoms with E-state index >= 15 is 0 Å². The summed E-state index contributed by atoms with van der Waals surface area (Å²) in [5, 5.41) is 3.55. The lowest BCUT2D eigenvalue weighted by Gasteiger charge is -2.35. The molecule has 0 unspecified atom stereocenters. The van der Waals surface area contributed by atoms with Crippen LogP contribution >= 0.6 is 15.9 Å². The zero-order valence-corrected chi connectivity index (χ0v) is 15.2. The lowest BCUT2D eigenvalue weighted by Crippen LogP contribution is -2.35. The Morgan fingerprint density at radius 3 is 2.62 bits per heavy atom. The van der Waals surface area contributed by atoms with Gasteiger partial charge in [0.1, 0.15) is 0 Å². The van der Waals surface area contributed by atoms with E-state index in [1.807, 2.05) is 0 Å². The zero-order valence-electron chi connectivity index (χ0n) is 13.7. The van der Waals surface area contributed by atoms with Crippen molar-refractivity contribution in [3.8, 4) is 0 Å². The van der Waals surface area contributed by atoms with Gasteiger partial charge in [0.15, 0.2) is 0 Å². The van der Waals surface area contributed by atoms with E-state index in [-0.39, 0.29) is 0 Å². The van der Waals surface area contributed by atoms with Gasteiger partial charge in [0.2, 0.25) is 0 Å². The van der Waals surface area contributed by atoms with Crippen LogP contribution in [0.3, 0.4) is 0 Å². The zero-order chi connectivity index (χ0) is 15.2. The predicted molar refractivity (Wildman–Crippen MR) is 96.0 cm³/mol. The first kappa shape index (κ1) is 16.8. The molecular weight excluding hydrogens is 324 g/mol. The highest BCUT2D eigenvalue weighted by Crippen LogP contribution is 2.30. The minimum Gasteiger partial charge on any atom is -0.371 e. The topological polar surface area (TPSA) is 15.3 Å². The summed E-state index contributed by atoms with van der Waals surface area (Å²) in [5.74, 6) is 0.943. The van der Waals surface area contributed by atoms with E-state index < -0.39 is 0 Å². The third-order valence-corrected chi connectivity index (χ3v) is 4.89. The molecule has 0 radical (unpaired) electrons. The Balaban J connectivity index is 2.05. The van der Waals surface area contributed by atoms with Crippen LogP contribution in [0.4, 0.5) is 5.69 Å². The number of halogens is 1. The molecule has 3 heteroatoms. The second-order valence-corrected chi connectivity index (χ2v) is 7.44. The summed E-state index contributed by atoms with van der Waals surface area (Å²) in [6.45, 7) is 10.1. The molecule has 1 aliphatic heterocycles. The van der Waals surface area contributed by atoms with Gasteiger partial charge in [0, 0.05) is 35.8 Å². The van der Waals surface area contributed by atoms with Gasteiger partial charge in [-0.1, -0.05) is 49.5 Å². The van der Waals surface area contributed by atoms with E-state index in [0.29, 0.717) is 6.04 Å². The molecule has 1 N–H and O–H groups in total. The van der Waals surface area contributed by atoms with Gasteiger partial charge in [0.05, 0.1) is 0 Å². The molecule has 0 aromatic heterocycles. The molecule has 1 heterocycles. The highest BCUT2D eigenvalue weighted by atomic mass is 79.9. The highest BCUT2D eigenvalue weighted by molar-refractivity contribution is 9.10. The van der Waals surface area contributed by atoms with Crippen molar-refractivity contribution in [3.05, 3.63) is 28.2 Å².